The van der Waals surface area contributed by atoms with Gasteiger partial charge in [0, 0.05) is 42.8 Å². The van der Waals surface area contributed by atoms with Crippen LogP contribution in [0.2, 0.25) is 0 Å². The molecule has 4 heteroatoms. The molecule has 0 bridgehead atoms. The van der Waals surface area contributed by atoms with Gasteiger partial charge in [0.2, 0.25) is 11.5 Å². The molecular formula is C18H23N4+. The zero-order valence-corrected chi connectivity index (χ0v) is 13.0. The van der Waals surface area contributed by atoms with Gasteiger partial charge >= 0.3 is 0 Å². The van der Waals surface area contributed by atoms with Crippen LogP contribution in [-0.2, 0) is 14.1 Å². The van der Waals surface area contributed by atoms with Crippen LogP contribution in [0.3, 0.4) is 0 Å². The quantitative estimate of drug-likeness (QED) is 0.668. The van der Waals surface area contributed by atoms with Gasteiger partial charge < -0.3 is 4.57 Å². The van der Waals surface area contributed by atoms with Gasteiger partial charge in [-0.3, -0.25) is 4.40 Å². The van der Waals surface area contributed by atoms with Gasteiger partial charge in [0.1, 0.15) is 12.7 Å². The number of fused-ring (bicyclic) bond motifs is 1. The minimum atomic E-state index is -2.23. The lowest BCUT2D eigenvalue weighted by molar-refractivity contribution is -0.661. The average Bonchev–Trinajstić information content (AvgIpc) is 3.26. The molecule has 0 unspecified atom stereocenters. The molecule has 3 heterocycles. The molecule has 114 valence electrons. The van der Waals surface area contributed by atoms with Crippen LogP contribution < -0.4 is 4.57 Å². The summed E-state index contributed by atoms with van der Waals surface area (Å²) < 4.78 is 38.6. The Kier molecular flexibility index (Phi) is 2.22. The van der Waals surface area contributed by atoms with Crippen molar-refractivity contribution in [1.82, 2.24) is 14.0 Å². The van der Waals surface area contributed by atoms with E-state index in [2.05, 4.69) is 4.98 Å². The molecule has 0 aromatic carbocycles. The van der Waals surface area contributed by atoms with Crippen LogP contribution in [0.4, 0.5) is 0 Å². The Morgan fingerprint density at radius 2 is 2.23 bits per heavy atom. The number of nitrogens with zero attached hydrogens (tertiary/aromatic N) is 4. The molecule has 1 fully saturated rings. The summed E-state index contributed by atoms with van der Waals surface area (Å²) in [7, 11) is 3.80. The van der Waals surface area contributed by atoms with Crippen molar-refractivity contribution in [2.75, 3.05) is 0 Å². The highest BCUT2D eigenvalue weighted by Crippen LogP contribution is 2.36. The van der Waals surface area contributed by atoms with Crippen molar-refractivity contribution in [3.63, 3.8) is 0 Å². The minimum absolute atomic E-state index is 0.291. The summed E-state index contributed by atoms with van der Waals surface area (Å²) in [6, 6.07) is 1.91. The van der Waals surface area contributed by atoms with Gasteiger partial charge in [-0.25, -0.2) is 4.98 Å². The molecule has 0 aliphatic heterocycles. The summed E-state index contributed by atoms with van der Waals surface area (Å²) >= 11 is 0. The van der Waals surface area contributed by atoms with E-state index in [4.69, 9.17) is 5.48 Å². The lowest BCUT2D eigenvalue weighted by Crippen LogP contribution is -2.32. The van der Waals surface area contributed by atoms with E-state index < -0.39 is 12.7 Å². The molecule has 0 saturated heterocycles. The second-order valence-corrected chi connectivity index (χ2v) is 6.12. The molecular weight excluding hydrogens is 272 g/mol. The summed E-state index contributed by atoms with van der Waals surface area (Å²) in [5, 5.41) is 0. The van der Waals surface area contributed by atoms with E-state index >= 15 is 0 Å². The number of hydrogen-bond acceptors (Lipinski definition) is 1. The minimum Gasteiger partial charge on any atom is -0.308 e. The molecule has 1 aliphatic rings. The molecule has 4 rings (SSSR count). The molecule has 0 radical (unpaired) electrons. The highest BCUT2D eigenvalue weighted by molar-refractivity contribution is 5.57. The summed E-state index contributed by atoms with van der Waals surface area (Å²) in [5.41, 5.74) is 2.76. The molecule has 0 spiro atoms. The maximum absolute atomic E-state index is 8.92. The SMILES string of the molecule is [2H]C([2H])([2H])c1c[n+](C)c(-c2cn3ccnc3n2C)cc1C1([2H])CCCC1. The van der Waals surface area contributed by atoms with Crippen molar-refractivity contribution in [2.24, 2.45) is 14.1 Å². The predicted molar refractivity (Wildman–Crippen MR) is 86.7 cm³/mol. The fourth-order valence-corrected chi connectivity index (χ4v) is 3.50. The normalized spacial score (nSPS) is 20.6. The largest absolute Gasteiger partial charge is 0.308 e. The molecule has 0 N–H and O–H groups in total. The van der Waals surface area contributed by atoms with E-state index in [1.54, 1.807) is 12.4 Å². The number of pyridine rings is 1. The maximum Gasteiger partial charge on any atom is 0.230 e. The van der Waals surface area contributed by atoms with Crippen LogP contribution in [0.15, 0.2) is 30.9 Å². The molecule has 1 saturated carbocycles. The monoisotopic (exact) mass is 299 g/mol. The molecule has 4 nitrogen and oxygen atoms in total. The highest BCUT2D eigenvalue weighted by atomic mass is 15.2. The number of imidazole rings is 2. The molecule has 0 amide bonds. The summed E-state index contributed by atoms with van der Waals surface area (Å²) in [4.78, 5) is 4.35. The lowest BCUT2D eigenvalue weighted by atomic mass is 9.93. The Morgan fingerprint density at radius 3 is 2.95 bits per heavy atom. The van der Waals surface area contributed by atoms with Crippen molar-refractivity contribution in [3.05, 3.63) is 42.0 Å². The maximum atomic E-state index is 8.92. The molecule has 3 aromatic heterocycles. The first-order valence-electron chi connectivity index (χ1n) is 9.74. The molecule has 1 aliphatic carbocycles. The van der Waals surface area contributed by atoms with Gasteiger partial charge in [-0.2, -0.15) is 4.57 Å². The molecule has 3 aromatic rings. The summed E-state index contributed by atoms with van der Waals surface area (Å²) in [6.07, 6.45) is 10.7. The number of aromatic nitrogens is 4. The Bertz CT molecular complexity index is 977. The van der Waals surface area contributed by atoms with Gasteiger partial charge in [-0.05, 0) is 31.2 Å². The van der Waals surface area contributed by atoms with Crippen molar-refractivity contribution in [2.45, 2.75) is 38.4 Å². The third-order valence-corrected chi connectivity index (χ3v) is 4.70. The average molecular weight is 299 g/mol. The Hall–Kier alpha value is -2.10. The first-order chi connectivity index (χ1) is 12.2. The van der Waals surface area contributed by atoms with Crippen LogP contribution in [0.1, 0.15) is 48.2 Å². The fourth-order valence-electron chi connectivity index (χ4n) is 3.50. The number of rotatable bonds is 2. The van der Waals surface area contributed by atoms with Crippen LogP contribution in [-0.4, -0.2) is 14.0 Å². The van der Waals surface area contributed by atoms with Gasteiger partial charge in [0.25, 0.3) is 0 Å². The molecule has 0 atom stereocenters. The highest BCUT2D eigenvalue weighted by Gasteiger charge is 2.24. The third kappa shape index (κ3) is 1.97. The van der Waals surface area contributed by atoms with Crippen LogP contribution in [0, 0.1) is 6.85 Å². The van der Waals surface area contributed by atoms with Gasteiger partial charge in [-0.15, -0.1) is 0 Å². The van der Waals surface area contributed by atoms with Crippen molar-refractivity contribution in [3.8, 4) is 11.4 Å². The van der Waals surface area contributed by atoms with Gasteiger partial charge in [0.15, 0.2) is 6.20 Å². The predicted octanol–water partition coefficient (Wildman–Crippen LogP) is 3.13. The zero-order valence-electron chi connectivity index (χ0n) is 17.0. The van der Waals surface area contributed by atoms with Crippen molar-refractivity contribution in [1.29, 1.82) is 0 Å². The summed E-state index contributed by atoms with van der Waals surface area (Å²) in [5.74, 6) is 0.000758. The topological polar surface area (TPSA) is 26.1 Å². The zero-order chi connectivity index (χ0) is 18.7. The van der Waals surface area contributed by atoms with E-state index in [9.17, 15) is 0 Å². The number of hydrogen-bond donors (Lipinski definition) is 0. The van der Waals surface area contributed by atoms with Gasteiger partial charge in [-0.1, -0.05) is 12.8 Å². The van der Waals surface area contributed by atoms with Crippen LogP contribution in [0.25, 0.3) is 17.2 Å². The smallest absolute Gasteiger partial charge is 0.230 e. The second-order valence-electron chi connectivity index (χ2n) is 6.12. The van der Waals surface area contributed by atoms with Crippen molar-refractivity contribution >= 4 is 5.78 Å². The third-order valence-electron chi connectivity index (χ3n) is 4.70. The lowest BCUT2D eigenvalue weighted by Gasteiger charge is -2.13. The van der Waals surface area contributed by atoms with E-state index in [1.165, 1.54) is 0 Å². The Labute approximate surface area is 136 Å². The Balaban J connectivity index is 1.96. The van der Waals surface area contributed by atoms with E-state index in [0.29, 0.717) is 24.0 Å². The Morgan fingerprint density at radius 1 is 1.41 bits per heavy atom. The first-order valence-corrected chi connectivity index (χ1v) is 7.74. The number of aryl methyl sites for hydroxylation is 3. The van der Waals surface area contributed by atoms with Crippen LogP contribution >= 0.6 is 0 Å². The first kappa shape index (κ1) is 9.82. The van der Waals surface area contributed by atoms with E-state index in [-0.39, 0.29) is 0 Å². The summed E-state index contributed by atoms with van der Waals surface area (Å²) in [6.45, 7) is -2.23. The molecule has 22 heavy (non-hydrogen) atoms. The van der Waals surface area contributed by atoms with Crippen molar-refractivity contribution < 1.29 is 10.1 Å². The van der Waals surface area contributed by atoms with E-state index in [0.717, 1.165) is 30.0 Å². The van der Waals surface area contributed by atoms with Gasteiger partial charge in [0.05, 0.1) is 0 Å². The second kappa shape index (κ2) is 4.97. The van der Waals surface area contributed by atoms with E-state index in [1.807, 2.05) is 46.1 Å². The van der Waals surface area contributed by atoms with Crippen LogP contribution in [0.5, 0.6) is 0 Å². The fraction of sp³-hybridized carbons (Fsp3) is 0.444. The standard InChI is InChI=1S/C18H23N4/c1-13-11-20(2)16(10-15(13)14-6-4-5-7-14)17-12-22-9-8-19-18(22)21(17)3/h8-12,14H,4-7H2,1-3H3/q+1/i1D3,14D.